The number of methoxy groups -OCH3 is 2. The SMILES string of the molecule is CC[Si](C)(COC)C(=O)OC. The summed E-state index contributed by atoms with van der Waals surface area (Å²) in [5.41, 5.74) is -0.0677. The van der Waals surface area contributed by atoms with Crippen molar-refractivity contribution in [3.63, 3.8) is 0 Å². The maximum Gasteiger partial charge on any atom is 0.273 e. The summed E-state index contributed by atoms with van der Waals surface area (Å²) < 4.78 is 9.68. The van der Waals surface area contributed by atoms with Gasteiger partial charge < -0.3 is 9.47 Å². The molecule has 0 heterocycles. The van der Waals surface area contributed by atoms with Crippen LogP contribution in [0.5, 0.6) is 0 Å². The standard InChI is InChI=1S/C7H16O3Si/c1-5-11(4,6-9-2)7(8)10-3/h5-6H2,1-4H3. The van der Waals surface area contributed by atoms with E-state index in [9.17, 15) is 4.79 Å². The molecule has 0 fully saturated rings. The summed E-state index contributed by atoms with van der Waals surface area (Å²) in [4.78, 5) is 11.2. The molecule has 0 aliphatic heterocycles. The maximum absolute atomic E-state index is 11.2. The van der Waals surface area contributed by atoms with Gasteiger partial charge in [0.05, 0.1) is 13.3 Å². The molecule has 0 radical (unpaired) electrons. The minimum atomic E-state index is -1.91. The summed E-state index contributed by atoms with van der Waals surface area (Å²) in [6.07, 6.45) is 0.552. The lowest BCUT2D eigenvalue weighted by molar-refractivity contribution is 0.190. The van der Waals surface area contributed by atoms with Crippen molar-refractivity contribution in [2.45, 2.75) is 19.5 Å². The van der Waals surface area contributed by atoms with Crippen molar-refractivity contribution >= 4 is 13.7 Å². The Kier molecular flexibility index (Phi) is 4.36. The van der Waals surface area contributed by atoms with Crippen LogP contribution >= 0.6 is 0 Å². The van der Waals surface area contributed by atoms with Crippen LogP contribution in [0.4, 0.5) is 4.79 Å². The highest BCUT2D eigenvalue weighted by Gasteiger charge is 2.35. The average Bonchev–Trinajstić information content (AvgIpc) is 2.03. The lowest BCUT2D eigenvalue weighted by Gasteiger charge is -2.20. The van der Waals surface area contributed by atoms with Gasteiger partial charge in [0.25, 0.3) is 5.59 Å². The largest absolute Gasteiger partial charge is 0.473 e. The van der Waals surface area contributed by atoms with Gasteiger partial charge in [0.1, 0.15) is 0 Å². The first-order valence-corrected chi connectivity index (χ1v) is 6.59. The molecule has 0 spiro atoms. The highest BCUT2D eigenvalue weighted by Crippen LogP contribution is 2.11. The minimum Gasteiger partial charge on any atom is -0.473 e. The molecule has 66 valence electrons. The van der Waals surface area contributed by atoms with E-state index in [0.717, 1.165) is 6.04 Å². The van der Waals surface area contributed by atoms with Crippen LogP contribution in [-0.2, 0) is 9.47 Å². The van der Waals surface area contributed by atoms with Crippen LogP contribution in [0.25, 0.3) is 0 Å². The highest BCUT2D eigenvalue weighted by molar-refractivity contribution is 7.04. The fourth-order valence-corrected chi connectivity index (χ4v) is 2.61. The Bertz CT molecular complexity index is 138. The zero-order chi connectivity index (χ0) is 8.91. The Balaban J connectivity index is 4.19. The lowest BCUT2D eigenvalue weighted by Crippen LogP contribution is -2.45. The molecule has 0 aliphatic carbocycles. The van der Waals surface area contributed by atoms with Gasteiger partial charge >= 0.3 is 0 Å². The van der Waals surface area contributed by atoms with Gasteiger partial charge in [-0.05, 0) is 6.04 Å². The molecule has 0 bridgehead atoms. The van der Waals surface area contributed by atoms with Crippen LogP contribution in [0.1, 0.15) is 6.92 Å². The Morgan fingerprint density at radius 2 is 2.00 bits per heavy atom. The molecule has 4 heteroatoms. The predicted octanol–water partition coefficient (Wildman–Crippen LogP) is 1.62. The third-order valence-corrected chi connectivity index (χ3v) is 5.60. The van der Waals surface area contributed by atoms with Crippen molar-refractivity contribution in [3.8, 4) is 0 Å². The van der Waals surface area contributed by atoms with Gasteiger partial charge in [-0.3, -0.25) is 4.79 Å². The van der Waals surface area contributed by atoms with E-state index in [2.05, 4.69) is 0 Å². The van der Waals surface area contributed by atoms with Gasteiger partial charge in [-0.1, -0.05) is 13.5 Å². The van der Waals surface area contributed by atoms with Crippen LogP contribution in [0.15, 0.2) is 0 Å². The smallest absolute Gasteiger partial charge is 0.273 e. The third kappa shape index (κ3) is 2.63. The molecular weight excluding hydrogens is 160 g/mol. The van der Waals surface area contributed by atoms with Crippen molar-refractivity contribution < 1.29 is 14.3 Å². The Labute approximate surface area is 68.7 Å². The van der Waals surface area contributed by atoms with Gasteiger partial charge in [-0.2, -0.15) is 0 Å². The fraction of sp³-hybridized carbons (Fsp3) is 0.857. The second kappa shape index (κ2) is 4.51. The van der Waals surface area contributed by atoms with Crippen molar-refractivity contribution in [1.29, 1.82) is 0 Å². The highest BCUT2D eigenvalue weighted by atomic mass is 28.3. The third-order valence-electron chi connectivity index (χ3n) is 1.92. The Morgan fingerprint density at radius 1 is 1.45 bits per heavy atom. The maximum atomic E-state index is 11.2. The monoisotopic (exact) mass is 176 g/mol. The molecule has 0 saturated carbocycles. The molecule has 0 aromatic rings. The molecule has 0 N–H and O–H groups in total. The summed E-state index contributed by atoms with van der Waals surface area (Å²) in [6.45, 7) is 3.98. The van der Waals surface area contributed by atoms with Crippen LogP contribution in [0.3, 0.4) is 0 Å². The number of rotatable bonds is 4. The van der Waals surface area contributed by atoms with Crippen molar-refractivity contribution in [2.75, 3.05) is 20.4 Å². The zero-order valence-electron chi connectivity index (χ0n) is 7.64. The minimum absolute atomic E-state index is 0.0677. The quantitative estimate of drug-likeness (QED) is 0.611. The van der Waals surface area contributed by atoms with Crippen molar-refractivity contribution in [2.24, 2.45) is 0 Å². The molecule has 1 atom stereocenters. The Hall–Kier alpha value is -0.353. The summed E-state index contributed by atoms with van der Waals surface area (Å²) >= 11 is 0. The molecule has 11 heavy (non-hydrogen) atoms. The zero-order valence-corrected chi connectivity index (χ0v) is 8.64. The summed E-state index contributed by atoms with van der Waals surface area (Å²) in [5.74, 6) is 0. The van der Waals surface area contributed by atoms with Crippen molar-refractivity contribution in [1.82, 2.24) is 0 Å². The van der Waals surface area contributed by atoms with Crippen LogP contribution in [0.2, 0.25) is 12.6 Å². The first kappa shape index (κ1) is 10.6. The van der Waals surface area contributed by atoms with Gasteiger partial charge in [0, 0.05) is 7.11 Å². The number of hydrogen-bond acceptors (Lipinski definition) is 3. The average molecular weight is 176 g/mol. The fourth-order valence-electron chi connectivity index (χ4n) is 0.870. The summed E-state index contributed by atoms with van der Waals surface area (Å²) in [6, 6.07) is 0.869. The topological polar surface area (TPSA) is 35.5 Å². The molecular formula is C7H16O3Si. The Morgan fingerprint density at radius 3 is 2.27 bits per heavy atom. The van der Waals surface area contributed by atoms with Gasteiger partial charge in [0.2, 0.25) is 8.07 Å². The van der Waals surface area contributed by atoms with Gasteiger partial charge in [-0.15, -0.1) is 0 Å². The van der Waals surface area contributed by atoms with E-state index in [-0.39, 0.29) is 5.59 Å². The number of hydrogen-bond donors (Lipinski definition) is 0. The molecule has 0 aliphatic rings. The van der Waals surface area contributed by atoms with E-state index in [0.29, 0.717) is 6.23 Å². The van der Waals surface area contributed by atoms with E-state index in [1.165, 1.54) is 7.11 Å². The molecule has 1 unspecified atom stereocenters. The number of carbonyl (C=O) groups excluding carboxylic acids is 1. The molecule has 0 aromatic heterocycles. The summed E-state index contributed by atoms with van der Waals surface area (Å²) in [5, 5.41) is 0. The second-order valence-electron chi connectivity index (χ2n) is 2.84. The normalized spacial score (nSPS) is 15.6. The molecule has 3 nitrogen and oxygen atoms in total. The molecule has 0 aromatic carbocycles. The van der Waals surface area contributed by atoms with Crippen LogP contribution in [0, 0.1) is 0 Å². The number of ether oxygens (including phenoxy) is 2. The van der Waals surface area contributed by atoms with E-state index in [1.807, 2.05) is 13.5 Å². The van der Waals surface area contributed by atoms with Crippen LogP contribution in [-0.4, -0.2) is 34.1 Å². The van der Waals surface area contributed by atoms with E-state index >= 15 is 0 Å². The predicted molar refractivity (Wildman–Crippen MR) is 46.4 cm³/mol. The number of carbonyl (C=O) groups is 1. The molecule has 0 saturated heterocycles. The van der Waals surface area contributed by atoms with E-state index < -0.39 is 8.07 Å². The van der Waals surface area contributed by atoms with Gasteiger partial charge in [-0.25, -0.2) is 0 Å². The lowest BCUT2D eigenvalue weighted by atomic mass is 11.0. The first-order valence-electron chi connectivity index (χ1n) is 3.68. The van der Waals surface area contributed by atoms with Gasteiger partial charge in [0.15, 0.2) is 0 Å². The molecule has 0 rings (SSSR count). The van der Waals surface area contributed by atoms with E-state index in [1.54, 1.807) is 7.11 Å². The molecule has 0 amide bonds. The first-order chi connectivity index (χ1) is 5.10. The van der Waals surface area contributed by atoms with Crippen molar-refractivity contribution in [3.05, 3.63) is 0 Å². The van der Waals surface area contributed by atoms with E-state index in [4.69, 9.17) is 9.47 Å². The van der Waals surface area contributed by atoms with Crippen LogP contribution < -0.4 is 0 Å². The second-order valence-corrected chi connectivity index (χ2v) is 7.36. The summed E-state index contributed by atoms with van der Waals surface area (Å²) in [7, 11) is 1.13.